The van der Waals surface area contributed by atoms with Gasteiger partial charge in [-0.3, -0.25) is 10.1 Å². The van der Waals surface area contributed by atoms with Gasteiger partial charge in [-0.05, 0) is 31.4 Å². The molecule has 19 heavy (non-hydrogen) atoms. The number of hydrogen-bond acceptors (Lipinski definition) is 4. The van der Waals surface area contributed by atoms with Crippen molar-refractivity contribution in [3.63, 3.8) is 0 Å². The van der Waals surface area contributed by atoms with Crippen LogP contribution in [-0.2, 0) is 4.74 Å². The van der Waals surface area contributed by atoms with Crippen LogP contribution in [-0.4, -0.2) is 24.2 Å². The Morgan fingerprint density at radius 3 is 2.79 bits per heavy atom. The third-order valence-electron chi connectivity index (χ3n) is 3.69. The van der Waals surface area contributed by atoms with E-state index in [1.54, 1.807) is 19.2 Å². The Hall–Kier alpha value is -1.62. The van der Waals surface area contributed by atoms with Crippen molar-refractivity contribution in [1.82, 2.24) is 0 Å². The molecule has 0 amide bonds. The van der Waals surface area contributed by atoms with Gasteiger partial charge in [0.1, 0.15) is 5.69 Å². The Balaban J connectivity index is 2.21. The number of aryl methyl sites for hydroxylation is 1. The fourth-order valence-corrected chi connectivity index (χ4v) is 2.67. The lowest BCUT2D eigenvalue weighted by Crippen LogP contribution is -2.37. The Morgan fingerprint density at radius 2 is 2.11 bits per heavy atom. The molecule has 0 spiro atoms. The maximum atomic E-state index is 11.1. The second-order valence-electron chi connectivity index (χ2n) is 5.09. The molecule has 1 aromatic rings. The summed E-state index contributed by atoms with van der Waals surface area (Å²) in [7, 11) is 1.70. The van der Waals surface area contributed by atoms with Gasteiger partial charge in [-0.1, -0.05) is 18.9 Å². The molecular formula is C14H20N2O3. The van der Waals surface area contributed by atoms with Gasteiger partial charge in [0.25, 0.3) is 5.69 Å². The Bertz CT molecular complexity index is 462. The highest BCUT2D eigenvalue weighted by Gasteiger charge is 2.26. The molecule has 1 saturated carbocycles. The minimum atomic E-state index is -0.341. The van der Waals surface area contributed by atoms with Gasteiger partial charge in [0.15, 0.2) is 0 Å². The van der Waals surface area contributed by atoms with Crippen LogP contribution in [0.25, 0.3) is 0 Å². The molecule has 1 N–H and O–H groups in total. The van der Waals surface area contributed by atoms with Gasteiger partial charge in [0.2, 0.25) is 0 Å². The molecule has 1 aliphatic carbocycles. The SMILES string of the molecule is COC1CCCCC1Nc1cc(C)ccc1[N+](=O)[O-]. The highest BCUT2D eigenvalue weighted by Crippen LogP contribution is 2.30. The predicted molar refractivity (Wildman–Crippen MR) is 74.5 cm³/mol. The van der Waals surface area contributed by atoms with Crippen molar-refractivity contribution in [2.75, 3.05) is 12.4 Å². The molecule has 0 saturated heterocycles. The number of nitrogens with zero attached hydrogens (tertiary/aromatic N) is 1. The zero-order chi connectivity index (χ0) is 13.8. The lowest BCUT2D eigenvalue weighted by Gasteiger charge is -2.31. The quantitative estimate of drug-likeness (QED) is 0.669. The molecule has 0 aromatic heterocycles. The van der Waals surface area contributed by atoms with Crippen LogP contribution in [0.5, 0.6) is 0 Å². The van der Waals surface area contributed by atoms with Crippen molar-refractivity contribution in [3.05, 3.63) is 33.9 Å². The summed E-state index contributed by atoms with van der Waals surface area (Å²) in [5.74, 6) is 0. The zero-order valence-corrected chi connectivity index (χ0v) is 11.4. The van der Waals surface area contributed by atoms with Crippen molar-refractivity contribution in [2.45, 2.75) is 44.8 Å². The third kappa shape index (κ3) is 3.23. The molecule has 0 radical (unpaired) electrons. The van der Waals surface area contributed by atoms with Gasteiger partial charge in [0, 0.05) is 13.2 Å². The zero-order valence-electron chi connectivity index (χ0n) is 11.4. The minimum Gasteiger partial charge on any atom is -0.379 e. The number of methoxy groups -OCH3 is 1. The van der Waals surface area contributed by atoms with Crippen molar-refractivity contribution >= 4 is 11.4 Å². The van der Waals surface area contributed by atoms with E-state index >= 15 is 0 Å². The van der Waals surface area contributed by atoms with Crippen molar-refractivity contribution in [3.8, 4) is 0 Å². The number of anilines is 1. The van der Waals surface area contributed by atoms with Crippen LogP contribution in [0.15, 0.2) is 18.2 Å². The van der Waals surface area contributed by atoms with Crippen LogP contribution < -0.4 is 5.32 Å². The van der Waals surface area contributed by atoms with Crippen LogP contribution in [0.1, 0.15) is 31.2 Å². The lowest BCUT2D eigenvalue weighted by atomic mass is 9.92. The molecule has 0 aliphatic heterocycles. The highest BCUT2D eigenvalue weighted by atomic mass is 16.6. The highest BCUT2D eigenvalue weighted by molar-refractivity contribution is 5.63. The summed E-state index contributed by atoms with van der Waals surface area (Å²) in [5.41, 5.74) is 1.74. The number of ether oxygens (including phenoxy) is 1. The van der Waals surface area contributed by atoms with Crippen molar-refractivity contribution in [1.29, 1.82) is 0 Å². The number of hydrogen-bond donors (Lipinski definition) is 1. The molecule has 2 atom stereocenters. The minimum absolute atomic E-state index is 0.131. The van der Waals surface area contributed by atoms with E-state index in [0.29, 0.717) is 5.69 Å². The number of nitro benzene ring substituents is 1. The fourth-order valence-electron chi connectivity index (χ4n) is 2.67. The maximum absolute atomic E-state index is 11.1. The Morgan fingerprint density at radius 1 is 1.37 bits per heavy atom. The van der Waals surface area contributed by atoms with Crippen LogP contribution >= 0.6 is 0 Å². The number of benzene rings is 1. The van der Waals surface area contributed by atoms with E-state index in [1.165, 1.54) is 0 Å². The maximum Gasteiger partial charge on any atom is 0.292 e. The van der Waals surface area contributed by atoms with Crippen LogP contribution in [0, 0.1) is 17.0 Å². The van der Waals surface area contributed by atoms with Gasteiger partial charge in [-0.2, -0.15) is 0 Å². The summed E-state index contributed by atoms with van der Waals surface area (Å²) in [6.07, 6.45) is 4.43. The second-order valence-corrected chi connectivity index (χ2v) is 5.09. The first-order valence-corrected chi connectivity index (χ1v) is 6.66. The molecule has 0 heterocycles. The van der Waals surface area contributed by atoms with Crippen LogP contribution in [0.4, 0.5) is 11.4 Å². The van der Waals surface area contributed by atoms with Crippen molar-refractivity contribution in [2.24, 2.45) is 0 Å². The molecule has 5 nitrogen and oxygen atoms in total. The molecule has 104 valence electrons. The third-order valence-corrected chi connectivity index (χ3v) is 3.69. The van der Waals surface area contributed by atoms with Gasteiger partial charge >= 0.3 is 0 Å². The molecule has 1 aromatic carbocycles. The van der Waals surface area contributed by atoms with Crippen LogP contribution in [0.3, 0.4) is 0 Å². The summed E-state index contributed by atoms with van der Waals surface area (Å²) < 4.78 is 5.47. The Kier molecular flexibility index (Phi) is 4.37. The standard InChI is InChI=1S/C14H20N2O3/c1-10-7-8-13(16(17)18)12(9-10)15-11-5-3-4-6-14(11)19-2/h7-9,11,14-15H,3-6H2,1-2H3. The normalized spacial score (nSPS) is 23.1. The molecule has 5 heteroatoms. The van der Waals surface area contributed by atoms with E-state index in [1.807, 2.05) is 13.0 Å². The summed E-state index contributed by atoms with van der Waals surface area (Å²) in [6.45, 7) is 1.93. The topological polar surface area (TPSA) is 64.4 Å². The summed E-state index contributed by atoms with van der Waals surface area (Å²) in [5, 5.41) is 14.4. The Labute approximate surface area is 113 Å². The lowest BCUT2D eigenvalue weighted by molar-refractivity contribution is -0.384. The fraction of sp³-hybridized carbons (Fsp3) is 0.571. The van der Waals surface area contributed by atoms with E-state index in [-0.39, 0.29) is 22.8 Å². The summed E-state index contributed by atoms with van der Waals surface area (Å²) in [4.78, 5) is 10.7. The molecule has 1 fully saturated rings. The first-order valence-electron chi connectivity index (χ1n) is 6.66. The van der Waals surface area contributed by atoms with Gasteiger partial charge < -0.3 is 10.1 Å². The molecule has 1 aliphatic rings. The predicted octanol–water partition coefficient (Wildman–Crippen LogP) is 3.27. The van der Waals surface area contributed by atoms with E-state index in [2.05, 4.69) is 5.32 Å². The number of rotatable bonds is 4. The van der Waals surface area contributed by atoms with Gasteiger partial charge in [-0.25, -0.2) is 0 Å². The number of nitrogens with one attached hydrogen (secondary N) is 1. The van der Waals surface area contributed by atoms with Gasteiger partial charge in [0.05, 0.1) is 17.1 Å². The second kappa shape index (κ2) is 6.02. The van der Waals surface area contributed by atoms with Gasteiger partial charge in [-0.15, -0.1) is 0 Å². The molecule has 0 bridgehead atoms. The number of nitro groups is 1. The molecular weight excluding hydrogens is 244 g/mol. The smallest absolute Gasteiger partial charge is 0.292 e. The first kappa shape index (κ1) is 13.8. The molecule has 2 rings (SSSR count). The summed E-state index contributed by atoms with van der Waals surface area (Å²) >= 11 is 0. The monoisotopic (exact) mass is 264 g/mol. The van der Waals surface area contributed by atoms with Crippen LogP contribution in [0.2, 0.25) is 0 Å². The van der Waals surface area contributed by atoms with E-state index < -0.39 is 0 Å². The van der Waals surface area contributed by atoms with Crippen molar-refractivity contribution < 1.29 is 9.66 Å². The van der Waals surface area contributed by atoms with E-state index in [4.69, 9.17) is 4.74 Å². The summed E-state index contributed by atoms with van der Waals surface area (Å²) in [6, 6.07) is 5.30. The largest absolute Gasteiger partial charge is 0.379 e. The average Bonchev–Trinajstić information content (AvgIpc) is 2.39. The van der Waals surface area contributed by atoms with E-state index in [0.717, 1.165) is 31.2 Å². The first-order chi connectivity index (χ1) is 9.11. The van der Waals surface area contributed by atoms with E-state index in [9.17, 15) is 10.1 Å². The molecule has 2 unspecified atom stereocenters. The average molecular weight is 264 g/mol.